The second-order valence-corrected chi connectivity index (χ2v) is 4.48. The minimum Gasteiger partial charge on any atom is -0.398 e. The molecular weight excluding hydrogens is 252 g/mol. The highest BCUT2D eigenvalue weighted by molar-refractivity contribution is 6.33. The fourth-order valence-corrected chi connectivity index (χ4v) is 1.70. The van der Waals surface area contributed by atoms with Crippen LogP contribution in [0.3, 0.4) is 0 Å². The molecule has 1 aromatic carbocycles. The van der Waals surface area contributed by atoms with E-state index in [1.54, 1.807) is 7.11 Å². The molecule has 18 heavy (non-hydrogen) atoms. The van der Waals surface area contributed by atoms with Crippen LogP contribution in [0.4, 0.5) is 11.4 Å². The van der Waals surface area contributed by atoms with Crippen molar-refractivity contribution in [3.05, 3.63) is 22.7 Å². The molecule has 5 heteroatoms. The monoisotopic (exact) mass is 272 g/mol. The summed E-state index contributed by atoms with van der Waals surface area (Å²) in [4.78, 5) is 0. The van der Waals surface area contributed by atoms with Gasteiger partial charge in [-0.1, -0.05) is 11.6 Å². The molecule has 0 aliphatic rings. The summed E-state index contributed by atoms with van der Waals surface area (Å²) < 4.78 is 10.3. The first-order valence-corrected chi connectivity index (χ1v) is 6.39. The van der Waals surface area contributed by atoms with E-state index in [2.05, 4.69) is 5.32 Å². The smallest absolute Gasteiger partial charge is 0.0700 e. The Hall–Kier alpha value is -0.970. The summed E-state index contributed by atoms with van der Waals surface area (Å²) in [5, 5.41) is 3.90. The molecule has 3 N–H and O–H groups in total. The number of hydrogen-bond acceptors (Lipinski definition) is 4. The van der Waals surface area contributed by atoms with E-state index in [9.17, 15) is 0 Å². The average molecular weight is 273 g/mol. The maximum Gasteiger partial charge on any atom is 0.0700 e. The highest BCUT2D eigenvalue weighted by atomic mass is 35.5. The van der Waals surface area contributed by atoms with Crippen LogP contribution in [0, 0.1) is 6.92 Å². The number of methoxy groups -OCH3 is 1. The molecule has 0 saturated carbocycles. The molecule has 102 valence electrons. The van der Waals surface area contributed by atoms with Gasteiger partial charge in [0.2, 0.25) is 0 Å². The zero-order valence-corrected chi connectivity index (χ0v) is 11.7. The Morgan fingerprint density at radius 2 is 2.06 bits per heavy atom. The summed E-state index contributed by atoms with van der Waals surface area (Å²) in [5.41, 5.74) is 8.45. The quantitative estimate of drug-likeness (QED) is 0.564. The Labute approximate surface area is 113 Å². The van der Waals surface area contributed by atoms with Crippen molar-refractivity contribution in [2.75, 3.05) is 44.5 Å². The predicted molar refractivity (Wildman–Crippen MR) is 76.4 cm³/mol. The van der Waals surface area contributed by atoms with Gasteiger partial charge in [-0.3, -0.25) is 0 Å². The molecule has 0 amide bonds. The van der Waals surface area contributed by atoms with Crippen LogP contribution < -0.4 is 11.1 Å². The predicted octanol–water partition coefficient (Wildman–Crippen LogP) is 2.70. The summed E-state index contributed by atoms with van der Waals surface area (Å²) in [7, 11) is 1.67. The zero-order valence-electron chi connectivity index (χ0n) is 11.0. The first kappa shape index (κ1) is 15.1. The molecule has 0 saturated heterocycles. The lowest BCUT2D eigenvalue weighted by Crippen LogP contribution is -2.09. The third-order valence-corrected chi connectivity index (χ3v) is 2.88. The van der Waals surface area contributed by atoms with Crippen LogP contribution >= 0.6 is 11.6 Å². The van der Waals surface area contributed by atoms with Crippen LogP contribution in [0.15, 0.2) is 12.1 Å². The van der Waals surface area contributed by atoms with Gasteiger partial charge in [0.1, 0.15) is 0 Å². The van der Waals surface area contributed by atoms with Gasteiger partial charge in [0.05, 0.1) is 23.9 Å². The van der Waals surface area contributed by atoms with E-state index in [1.165, 1.54) is 0 Å². The van der Waals surface area contributed by atoms with Gasteiger partial charge in [-0.15, -0.1) is 0 Å². The van der Waals surface area contributed by atoms with E-state index in [0.29, 0.717) is 23.9 Å². The largest absolute Gasteiger partial charge is 0.398 e. The number of benzene rings is 1. The van der Waals surface area contributed by atoms with Crippen molar-refractivity contribution >= 4 is 23.0 Å². The Balaban J connectivity index is 2.25. The molecule has 0 radical (unpaired) electrons. The first-order chi connectivity index (χ1) is 8.65. The van der Waals surface area contributed by atoms with Crippen molar-refractivity contribution in [3.8, 4) is 0 Å². The molecule has 0 atom stereocenters. The zero-order chi connectivity index (χ0) is 13.4. The second-order valence-electron chi connectivity index (χ2n) is 4.07. The van der Waals surface area contributed by atoms with Gasteiger partial charge in [-0.25, -0.2) is 0 Å². The summed E-state index contributed by atoms with van der Waals surface area (Å²) in [6, 6.07) is 3.73. The van der Waals surface area contributed by atoms with Crippen LogP contribution in [0.1, 0.15) is 12.0 Å². The molecule has 0 aliphatic heterocycles. The molecule has 4 nitrogen and oxygen atoms in total. The maximum absolute atomic E-state index is 5.98. The normalized spacial score (nSPS) is 10.6. The van der Waals surface area contributed by atoms with Gasteiger partial charge in [0.25, 0.3) is 0 Å². The number of nitrogen functional groups attached to an aromatic ring is 1. The number of ether oxygens (including phenoxy) is 2. The van der Waals surface area contributed by atoms with Crippen molar-refractivity contribution in [3.63, 3.8) is 0 Å². The van der Waals surface area contributed by atoms with E-state index in [4.69, 9.17) is 26.8 Å². The highest BCUT2D eigenvalue weighted by Gasteiger charge is 2.02. The minimum atomic E-state index is 0.583. The Morgan fingerprint density at radius 1 is 1.28 bits per heavy atom. The molecule has 0 aliphatic carbocycles. The Bertz CT molecular complexity index is 372. The van der Waals surface area contributed by atoms with E-state index < -0.39 is 0 Å². The lowest BCUT2D eigenvalue weighted by molar-refractivity contribution is 0.0705. The lowest BCUT2D eigenvalue weighted by atomic mass is 10.2. The molecule has 0 aromatic heterocycles. The number of nitrogens with one attached hydrogen (secondary N) is 1. The number of hydrogen-bond donors (Lipinski definition) is 2. The standard InChI is InChI=1S/C13H21ClN2O2/c1-10-8-12(15)11(14)9-13(10)16-4-3-5-18-7-6-17-2/h8-9,16H,3-7,15H2,1-2H3. The van der Waals surface area contributed by atoms with Crippen molar-refractivity contribution in [2.24, 2.45) is 0 Å². The number of anilines is 2. The average Bonchev–Trinajstić information content (AvgIpc) is 2.34. The molecule has 1 aromatic rings. The van der Waals surface area contributed by atoms with Gasteiger partial charge in [-0.2, -0.15) is 0 Å². The number of rotatable bonds is 8. The van der Waals surface area contributed by atoms with E-state index in [1.807, 2.05) is 19.1 Å². The van der Waals surface area contributed by atoms with Crippen molar-refractivity contribution in [2.45, 2.75) is 13.3 Å². The Kier molecular flexibility index (Phi) is 6.86. The van der Waals surface area contributed by atoms with Crippen molar-refractivity contribution in [1.82, 2.24) is 0 Å². The van der Waals surface area contributed by atoms with Crippen LogP contribution in [-0.2, 0) is 9.47 Å². The minimum absolute atomic E-state index is 0.583. The van der Waals surface area contributed by atoms with Crippen LogP contribution in [0.2, 0.25) is 5.02 Å². The third kappa shape index (κ3) is 5.12. The fraction of sp³-hybridized carbons (Fsp3) is 0.538. The number of halogens is 1. The van der Waals surface area contributed by atoms with Crippen molar-refractivity contribution in [1.29, 1.82) is 0 Å². The van der Waals surface area contributed by atoms with Gasteiger partial charge >= 0.3 is 0 Å². The van der Waals surface area contributed by atoms with E-state index in [0.717, 1.165) is 30.8 Å². The molecular formula is C13H21ClN2O2. The van der Waals surface area contributed by atoms with E-state index in [-0.39, 0.29) is 0 Å². The SMILES string of the molecule is COCCOCCCNc1cc(Cl)c(N)cc1C. The topological polar surface area (TPSA) is 56.5 Å². The Morgan fingerprint density at radius 3 is 2.78 bits per heavy atom. The van der Waals surface area contributed by atoms with Gasteiger partial charge in [-0.05, 0) is 31.0 Å². The van der Waals surface area contributed by atoms with Gasteiger partial charge < -0.3 is 20.5 Å². The summed E-state index contributed by atoms with van der Waals surface area (Å²) in [6.07, 6.45) is 0.936. The van der Waals surface area contributed by atoms with E-state index >= 15 is 0 Å². The van der Waals surface area contributed by atoms with Crippen LogP contribution in [0.5, 0.6) is 0 Å². The lowest BCUT2D eigenvalue weighted by Gasteiger charge is -2.11. The second kappa shape index (κ2) is 8.19. The first-order valence-electron chi connectivity index (χ1n) is 6.01. The van der Waals surface area contributed by atoms with Crippen LogP contribution in [-0.4, -0.2) is 33.5 Å². The van der Waals surface area contributed by atoms with Gasteiger partial charge in [0, 0.05) is 25.9 Å². The number of aryl methyl sites for hydroxylation is 1. The highest BCUT2D eigenvalue weighted by Crippen LogP contribution is 2.26. The summed E-state index contributed by atoms with van der Waals surface area (Å²) in [6.45, 7) is 4.85. The van der Waals surface area contributed by atoms with Gasteiger partial charge in [0.15, 0.2) is 0 Å². The molecule has 0 heterocycles. The third-order valence-electron chi connectivity index (χ3n) is 2.56. The molecule has 0 bridgehead atoms. The fourth-order valence-electron chi connectivity index (χ4n) is 1.54. The molecule has 0 spiro atoms. The van der Waals surface area contributed by atoms with Crippen LogP contribution in [0.25, 0.3) is 0 Å². The van der Waals surface area contributed by atoms with Crippen molar-refractivity contribution < 1.29 is 9.47 Å². The number of nitrogens with two attached hydrogens (primary N) is 1. The summed E-state index contributed by atoms with van der Waals surface area (Å²) in [5.74, 6) is 0. The summed E-state index contributed by atoms with van der Waals surface area (Å²) >= 11 is 5.98. The maximum atomic E-state index is 5.98. The molecule has 0 fully saturated rings. The molecule has 0 unspecified atom stereocenters. The molecule has 1 rings (SSSR count).